The summed E-state index contributed by atoms with van der Waals surface area (Å²) in [5, 5.41) is 0. The molecule has 1 fully saturated rings. The molecular formula is C7H14ClNO3. The second-order valence-corrected chi connectivity index (χ2v) is 2.66. The van der Waals surface area contributed by atoms with Gasteiger partial charge in [-0.1, -0.05) is 0 Å². The van der Waals surface area contributed by atoms with Gasteiger partial charge in [0.1, 0.15) is 0 Å². The molecule has 0 bridgehead atoms. The van der Waals surface area contributed by atoms with Gasteiger partial charge in [0.2, 0.25) is 0 Å². The van der Waals surface area contributed by atoms with E-state index >= 15 is 0 Å². The molecule has 1 rings (SSSR count). The quantitative estimate of drug-likeness (QED) is 0.596. The van der Waals surface area contributed by atoms with Crippen LogP contribution in [0.2, 0.25) is 0 Å². The van der Waals surface area contributed by atoms with Gasteiger partial charge in [-0.05, 0) is 6.42 Å². The number of ether oxygens (including phenoxy) is 2. The molecule has 2 atom stereocenters. The van der Waals surface area contributed by atoms with Gasteiger partial charge in [0.25, 0.3) is 0 Å². The zero-order valence-corrected chi connectivity index (χ0v) is 7.80. The highest BCUT2D eigenvalue weighted by Crippen LogP contribution is 2.13. The van der Waals surface area contributed by atoms with Crippen LogP contribution >= 0.6 is 12.4 Å². The Morgan fingerprint density at radius 2 is 2.33 bits per heavy atom. The minimum atomic E-state index is -0.270. The second-order valence-electron chi connectivity index (χ2n) is 2.66. The predicted molar refractivity (Wildman–Crippen MR) is 46.2 cm³/mol. The zero-order valence-electron chi connectivity index (χ0n) is 6.99. The maximum Gasteiger partial charge on any atom is 0.312 e. The van der Waals surface area contributed by atoms with Crippen molar-refractivity contribution in [3.63, 3.8) is 0 Å². The van der Waals surface area contributed by atoms with Crippen LogP contribution in [0.3, 0.4) is 0 Å². The number of halogens is 1. The minimum absolute atomic E-state index is 0. The number of esters is 1. The summed E-state index contributed by atoms with van der Waals surface area (Å²) in [5.74, 6) is -0.536. The molecule has 12 heavy (non-hydrogen) atoms. The number of hydrogen-bond acceptors (Lipinski definition) is 4. The molecule has 5 heteroatoms. The van der Waals surface area contributed by atoms with E-state index in [-0.39, 0.29) is 30.3 Å². The first-order valence-corrected chi connectivity index (χ1v) is 3.67. The molecule has 0 amide bonds. The van der Waals surface area contributed by atoms with Crippen LogP contribution in [-0.2, 0) is 14.3 Å². The fraction of sp³-hybridized carbons (Fsp3) is 0.857. The minimum Gasteiger partial charge on any atom is -0.469 e. The number of carbonyl (C=O) groups excluding carboxylic acids is 1. The molecule has 0 unspecified atom stereocenters. The number of nitrogens with two attached hydrogens (primary N) is 1. The Balaban J connectivity index is 0.00000121. The van der Waals surface area contributed by atoms with Crippen molar-refractivity contribution in [3.8, 4) is 0 Å². The molecule has 0 aromatic heterocycles. The Labute approximate surface area is 77.8 Å². The lowest BCUT2D eigenvalue weighted by Gasteiger charge is -2.26. The van der Waals surface area contributed by atoms with Crippen molar-refractivity contribution in [3.05, 3.63) is 0 Å². The molecule has 1 saturated heterocycles. The molecular weight excluding hydrogens is 182 g/mol. The molecule has 72 valence electrons. The lowest BCUT2D eigenvalue weighted by molar-refractivity contribution is -0.150. The van der Waals surface area contributed by atoms with Gasteiger partial charge in [-0.2, -0.15) is 0 Å². The molecule has 1 heterocycles. The van der Waals surface area contributed by atoms with E-state index in [9.17, 15) is 4.79 Å². The van der Waals surface area contributed by atoms with Crippen LogP contribution in [0.1, 0.15) is 6.42 Å². The Bertz CT molecular complexity index is 154. The van der Waals surface area contributed by atoms with Gasteiger partial charge in [-0.3, -0.25) is 4.79 Å². The smallest absolute Gasteiger partial charge is 0.312 e. The maximum absolute atomic E-state index is 11.0. The third-order valence-corrected chi connectivity index (χ3v) is 1.91. The molecule has 0 radical (unpaired) electrons. The molecule has 1 aliphatic heterocycles. The summed E-state index contributed by atoms with van der Waals surface area (Å²) in [6.07, 6.45) is 0.736. The lowest BCUT2D eigenvalue weighted by Crippen LogP contribution is -2.43. The van der Waals surface area contributed by atoms with Crippen molar-refractivity contribution >= 4 is 18.4 Å². The summed E-state index contributed by atoms with van der Waals surface area (Å²) in [7, 11) is 1.36. The van der Waals surface area contributed by atoms with Crippen LogP contribution in [-0.4, -0.2) is 32.3 Å². The SMILES string of the molecule is COC(=O)[C@H]1COCC[C@@H]1N.Cl. The van der Waals surface area contributed by atoms with Crippen LogP contribution < -0.4 is 5.73 Å². The summed E-state index contributed by atoms with van der Waals surface area (Å²) in [5.41, 5.74) is 5.67. The highest BCUT2D eigenvalue weighted by molar-refractivity contribution is 5.85. The summed E-state index contributed by atoms with van der Waals surface area (Å²) in [4.78, 5) is 11.0. The summed E-state index contributed by atoms with van der Waals surface area (Å²) in [6.45, 7) is 1.04. The predicted octanol–water partition coefficient (Wildman–Crippen LogP) is -0.0550. The third kappa shape index (κ3) is 2.62. The summed E-state index contributed by atoms with van der Waals surface area (Å²) >= 11 is 0. The molecule has 0 spiro atoms. The van der Waals surface area contributed by atoms with Crippen molar-refractivity contribution in [1.82, 2.24) is 0 Å². The van der Waals surface area contributed by atoms with E-state index in [1.165, 1.54) is 7.11 Å². The fourth-order valence-corrected chi connectivity index (χ4v) is 1.15. The Kier molecular flexibility index (Phi) is 5.20. The van der Waals surface area contributed by atoms with Crippen molar-refractivity contribution in [2.75, 3.05) is 20.3 Å². The largest absolute Gasteiger partial charge is 0.469 e. The maximum atomic E-state index is 11.0. The van der Waals surface area contributed by atoms with E-state index in [0.717, 1.165) is 6.42 Å². The highest BCUT2D eigenvalue weighted by atomic mass is 35.5. The first-order valence-electron chi connectivity index (χ1n) is 3.67. The Hall–Kier alpha value is -0.320. The van der Waals surface area contributed by atoms with Crippen LogP contribution in [0, 0.1) is 5.92 Å². The highest BCUT2D eigenvalue weighted by Gasteiger charge is 2.29. The van der Waals surface area contributed by atoms with E-state index in [2.05, 4.69) is 4.74 Å². The molecule has 0 saturated carbocycles. The topological polar surface area (TPSA) is 61.5 Å². The number of carbonyl (C=O) groups is 1. The summed E-state index contributed by atoms with van der Waals surface area (Å²) < 4.78 is 9.66. The van der Waals surface area contributed by atoms with E-state index < -0.39 is 0 Å². The zero-order chi connectivity index (χ0) is 8.27. The lowest BCUT2D eigenvalue weighted by atomic mass is 9.97. The van der Waals surface area contributed by atoms with E-state index in [1.807, 2.05) is 0 Å². The molecule has 1 aliphatic rings. The molecule has 0 aromatic rings. The molecule has 0 aromatic carbocycles. The van der Waals surface area contributed by atoms with Crippen LogP contribution in [0.25, 0.3) is 0 Å². The molecule has 0 aliphatic carbocycles. The summed E-state index contributed by atoms with van der Waals surface area (Å²) in [6, 6.07) is -0.101. The Morgan fingerprint density at radius 3 is 2.83 bits per heavy atom. The number of methoxy groups -OCH3 is 1. The third-order valence-electron chi connectivity index (χ3n) is 1.91. The van der Waals surface area contributed by atoms with Gasteiger partial charge in [-0.15, -0.1) is 12.4 Å². The number of rotatable bonds is 1. The average Bonchev–Trinajstić information content (AvgIpc) is 2.04. The van der Waals surface area contributed by atoms with Gasteiger partial charge in [0, 0.05) is 12.6 Å². The van der Waals surface area contributed by atoms with E-state index in [4.69, 9.17) is 10.5 Å². The van der Waals surface area contributed by atoms with E-state index in [0.29, 0.717) is 13.2 Å². The first-order chi connectivity index (χ1) is 5.25. The monoisotopic (exact) mass is 195 g/mol. The fourth-order valence-electron chi connectivity index (χ4n) is 1.15. The van der Waals surface area contributed by atoms with Crippen molar-refractivity contribution in [2.24, 2.45) is 11.7 Å². The van der Waals surface area contributed by atoms with Gasteiger partial charge < -0.3 is 15.2 Å². The normalized spacial score (nSPS) is 28.8. The first kappa shape index (κ1) is 11.7. The number of hydrogen-bond donors (Lipinski definition) is 1. The van der Waals surface area contributed by atoms with Gasteiger partial charge in [0.15, 0.2) is 0 Å². The van der Waals surface area contributed by atoms with E-state index in [1.54, 1.807) is 0 Å². The van der Waals surface area contributed by atoms with Crippen molar-refractivity contribution < 1.29 is 14.3 Å². The van der Waals surface area contributed by atoms with Crippen LogP contribution in [0.4, 0.5) is 0 Å². The second kappa shape index (κ2) is 5.35. The molecule has 2 N–H and O–H groups in total. The van der Waals surface area contributed by atoms with Crippen LogP contribution in [0.5, 0.6) is 0 Å². The average molecular weight is 196 g/mol. The van der Waals surface area contributed by atoms with Crippen molar-refractivity contribution in [2.45, 2.75) is 12.5 Å². The van der Waals surface area contributed by atoms with Crippen LogP contribution in [0.15, 0.2) is 0 Å². The molecule has 4 nitrogen and oxygen atoms in total. The van der Waals surface area contributed by atoms with Gasteiger partial charge in [0.05, 0.1) is 19.6 Å². The van der Waals surface area contributed by atoms with Gasteiger partial charge in [-0.25, -0.2) is 0 Å². The van der Waals surface area contributed by atoms with Crippen molar-refractivity contribution in [1.29, 1.82) is 0 Å². The van der Waals surface area contributed by atoms with Gasteiger partial charge >= 0.3 is 5.97 Å². The Morgan fingerprint density at radius 1 is 1.67 bits per heavy atom. The standard InChI is InChI=1S/C7H13NO3.ClH/c1-10-7(9)5-4-11-3-2-6(5)8;/h5-6H,2-4,8H2,1H3;1H/t5-,6-;/m0./s1.